The number of nitrogens with zero attached hydrogens (tertiary/aromatic N) is 1. The first kappa shape index (κ1) is 12.1. The Labute approximate surface area is 92.5 Å². The monoisotopic (exact) mass is 207 g/mol. The number of hydrogen-bond donors (Lipinski definition) is 1. The highest BCUT2D eigenvalue weighted by molar-refractivity contribution is 5.55. The van der Waals surface area contributed by atoms with Gasteiger partial charge < -0.3 is 10.0 Å². The van der Waals surface area contributed by atoms with Gasteiger partial charge in [-0.1, -0.05) is 19.1 Å². The Hall–Kier alpha value is -1.02. The van der Waals surface area contributed by atoms with E-state index in [0.717, 1.165) is 6.42 Å². The summed E-state index contributed by atoms with van der Waals surface area (Å²) in [6.45, 7) is 6.94. The van der Waals surface area contributed by atoms with Crippen LogP contribution in [0.15, 0.2) is 18.2 Å². The van der Waals surface area contributed by atoms with Crippen LogP contribution >= 0.6 is 0 Å². The Kier molecular flexibility index (Phi) is 4.15. The lowest BCUT2D eigenvalue weighted by Gasteiger charge is -2.24. The number of rotatable bonds is 4. The topological polar surface area (TPSA) is 23.5 Å². The summed E-state index contributed by atoms with van der Waals surface area (Å²) in [6, 6.07) is 6.28. The molecule has 0 unspecified atom stereocenters. The highest BCUT2D eigenvalue weighted by Crippen LogP contribution is 2.21. The van der Waals surface area contributed by atoms with Crippen LogP contribution in [0.25, 0.3) is 0 Å². The van der Waals surface area contributed by atoms with Gasteiger partial charge in [0.1, 0.15) is 0 Å². The van der Waals surface area contributed by atoms with E-state index in [-0.39, 0.29) is 6.10 Å². The summed E-state index contributed by atoms with van der Waals surface area (Å²) in [5.41, 5.74) is 3.80. The third-order valence-electron chi connectivity index (χ3n) is 2.94. The molecule has 2 nitrogen and oxygen atoms in total. The summed E-state index contributed by atoms with van der Waals surface area (Å²) in [5.74, 6) is 0. The maximum Gasteiger partial charge on any atom is 0.0712 e. The van der Waals surface area contributed by atoms with Crippen LogP contribution in [-0.2, 0) is 0 Å². The SMILES string of the molecule is CC[C@@H](O)CN(C)c1cccc(C)c1C. The fourth-order valence-corrected chi connectivity index (χ4v) is 1.69. The van der Waals surface area contributed by atoms with Crippen molar-refractivity contribution in [3.63, 3.8) is 0 Å². The quantitative estimate of drug-likeness (QED) is 0.820. The summed E-state index contributed by atoms with van der Waals surface area (Å²) < 4.78 is 0. The molecule has 15 heavy (non-hydrogen) atoms. The Morgan fingerprint density at radius 1 is 1.33 bits per heavy atom. The second-order valence-electron chi connectivity index (χ2n) is 4.16. The molecular weight excluding hydrogens is 186 g/mol. The fourth-order valence-electron chi connectivity index (χ4n) is 1.69. The molecular formula is C13H21NO. The summed E-state index contributed by atoms with van der Waals surface area (Å²) in [5, 5.41) is 9.61. The molecule has 0 saturated heterocycles. The van der Waals surface area contributed by atoms with Crippen molar-refractivity contribution in [2.75, 3.05) is 18.5 Å². The van der Waals surface area contributed by atoms with Gasteiger partial charge in [0, 0.05) is 19.3 Å². The van der Waals surface area contributed by atoms with Gasteiger partial charge in [-0.25, -0.2) is 0 Å². The zero-order valence-corrected chi connectivity index (χ0v) is 10.1. The zero-order chi connectivity index (χ0) is 11.4. The number of hydrogen-bond acceptors (Lipinski definition) is 2. The lowest BCUT2D eigenvalue weighted by molar-refractivity contribution is 0.177. The molecule has 0 heterocycles. The van der Waals surface area contributed by atoms with E-state index in [0.29, 0.717) is 6.54 Å². The van der Waals surface area contributed by atoms with E-state index in [1.165, 1.54) is 16.8 Å². The van der Waals surface area contributed by atoms with Crippen molar-refractivity contribution in [1.29, 1.82) is 0 Å². The first-order chi connectivity index (χ1) is 7.06. The van der Waals surface area contributed by atoms with Crippen LogP contribution in [-0.4, -0.2) is 24.8 Å². The van der Waals surface area contributed by atoms with Crippen molar-refractivity contribution in [3.8, 4) is 0 Å². The lowest BCUT2D eigenvalue weighted by Crippen LogP contribution is -2.29. The smallest absolute Gasteiger partial charge is 0.0712 e. The fraction of sp³-hybridized carbons (Fsp3) is 0.538. The van der Waals surface area contributed by atoms with E-state index in [2.05, 4.69) is 36.9 Å². The number of aryl methyl sites for hydroxylation is 1. The molecule has 1 atom stereocenters. The Morgan fingerprint density at radius 3 is 2.60 bits per heavy atom. The van der Waals surface area contributed by atoms with Crippen molar-refractivity contribution in [2.24, 2.45) is 0 Å². The maximum atomic E-state index is 9.61. The summed E-state index contributed by atoms with van der Waals surface area (Å²) in [7, 11) is 2.03. The molecule has 1 rings (SSSR count). The molecule has 1 aromatic rings. The van der Waals surface area contributed by atoms with E-state index in [1.54, 1.807) is 0 Å². The van der Waals surface area contributed by atoms with Crippen molar-refractivity contribution in [1.82, 2.24) is 0 Å². The number of benzene rings is 1. The predicted octanol–water partition coefficient (Wildman–Crippen LogP) is 2.51. The van der Waals surface area contributed by atoms with Crippen molar-refractivity contribution < 1.29 is 5.11 Å². The molecule has 2 heteroatoms. The number of likely N-dealkylation sites (N-methyl/N-ethyl adjacent to an activating group) is 1. The number of anilines is 1. The van der Waals surface area contributed by atoms with Crippen LogP contribution in [0, 0.1) is 13.8 Å². The molecule has 1 aromatic carbocycles. The Morgan fingerprint density at radius 2 is 2.00 bits per heavy atom. The minimum atomic E-state index is -0.241. The molecule has 0 bridgehead atoms. The van der Waals surface area contributed by atoms with Crippen molar-refractivity contribution in [3.05, 3.63) is 29.3 Å². The van der Waals surface area contributed by atoms with Gasteiger partial charge in [0.15, 0.2) is 0 Å². The molecule has 0 aliphatic carbocycles. The van der Waals surface area contributed by atoms with E-state index in [9.17, 15) is 5.11 Å². The number of aliphatic hydroxyl groups excluding tert-OH is 1. The van der Waals surface area contributed by atoms with Gasteiger partial charge in [-0.05, 0) is 37.5 Å². The molecule has 0 aliphatic rings. The number of aliphatic hydroxyl groups is 1. The first-order valence-electron chi connectivity index (χ1n) is 5.51. The van der Waals surface area contributed by atoms with Gasteiger partial charge in [-0.2, -0.15) is 0 Å². The summed E-state index contributed by atoms with van der Waals surface area (Å²) in [4.78, 5) is 2.12. The second kappa shape index (κ2) is 5.17. The minimum absolute atomic E-state index is 0.241. The van der Waals surface area contributed by atoms with Gasteiger partial charge in [0.2, 0.25) is 0 Å². The van der Waals surface area contributed by atoms with Crippen LogP contribution in [0.5, 0.6) is 0 Å². The summed E-state index contributed by atoms with van der Waals surface area (Å²) >= 11 is 0. The minimum Gasteiger partial charge on any atom is -0.391 e. The van der Waals surface area contributed by atoms with Gasteiger partial charge in [0.25, 0.3) is 0 Å². The molecule has 0 amide bonds. The molecule has 0 aliphatic heterocycles. The molecule has 84 valence electrons. The van der Waals surface area contributed by atoms with Crippen molar-refractivity contribution >= 4 is 5.69 Å². The van der Waals surface area contributed by atoms with E-state index >= 15 is 0 Å². The molecule has 0 fully saturated rings. The highest BCUT2D eigenvalue weighted by Gasteiger charge is 2.09. The molecule has 0 radical (unpaired) electrons. The molecule has 1 N–H and O–H groups in total. The normalized spacial score (nSPS) is 12.6. The highest BCUT2D eigenvalue weighted by atomic mass is 16.3. The largest absolute Gasteiger partial charge is 0.391 e. The van der Waals surface area contributed by atoms with Gasteiger partial charge in [0.05, 0.1) is 6.10 Å². The van der Waals surface area contributed by atoms with Crippen LogP contribution in [0.1, 0.15) is 24.5 Å². The first-order valence-corrected chi connectivity index (χ1v) is 5.51. The standard InChI is InChI=1S/C13H21NO/c1-5-12(15)9-14(4)13-8-6-7-10(2)11(13)3/h6-8,12,15H,5,9H2,1-4H3/t12-/m1/s1. The van der Waals surface area contributed by atoms with Gasteiger partial charge in [-0.3, -0.25) is 0 Å². The van der Waals surface area contributed by atoms with E-state index in [1.807, 2.05) is 14.0 Å². The average molecular weight is 207 g/mol. The van der Waals surface area contributed by atoms with Crippen LogP contribution in [0.4, 0.5) is 5.69 Å². The van der Waals surface area contributed by atoms with E-state index in [4.69, 9.17) is 0 Å². The summed E-state index contributed by atoms with van der Waals surface area (Å²) in [6.07, 6.45) is 0.560. The molecule has 0 saturated carbocycles. The maximum absolute atomic E-state index is 9.61. The Balaban J connectivity index is 2.82. The average Bonchev–Trinajstić information content (AvgIpc) is 2.21. The van der Waals surface area contributed by atoms with Crippen LogP contribution < -0.4 is 4.90 Å². The Bertz CT molecular complexity index is 322. The third kappa shape index (κ3) is 2.96. The van der Waals surface area contributed by atoms with Crippen LogP contribution in [0.2, 0.25) is 0 Å². The second-order valence-corrected chi connectivity index (χ2v) is 4.16. The van der Waals surface area contributed by atoms with Gasteiger partial charge in [-0.15, -0.1) is 0 Å². The van der Waals surface area contributed by atoms with E-state index < -0.39 is 0 Å². The molecule has 0 aromatic heterocycles. The van der Waals surface area contributed by atoms with Crippen LogP contribution in [0.3, 0.4) is 0 Å². The lowest BCUT2D eigenvalue weighted by atomic mass is 10.1. The van der Waals surface area contributed by atoms with Crippen molar-refractivity contribution in [2.45, 2.75) is 33.3 Å². The molecule has 0 spiro atoms. The predicted molar refractivity (Wildman–Crippen MR) is 65.5 cm³/mol. The zero-order valence-electron chi connectivity index (χ0n) is 10.1. The van der Waals surface area contributed by atoms with Gasteiger partial charge >= 0.3 is 0 Å². The third-order valence-corrected chi connectivity index (χ3v) is 2.94.